The Morgan fingerprint density at radius 2 is 2.07 bits per heavy atom. The lowest BCUT2D eigenvalue weighted by Crippen LogP contribution is -2.07. The van der Waals surface area contributed by atoms with Crippen LogP contribution in [0.4, 0.5) is 10.8 Å². The molecule has 0 aliphatic carbocycles. The number of nitrogens with one attached hydrogen (secondary N) is 1. The highest BCUT2D eigenvalue weighted by Gasteiger charge is 2.12. The number of nitro benzene ring substituents is 1. The first-order valence-electron chi connectivity index (χ1n) is 8.52. The van der Waals surface area contributed by atoms with Crippen molar-refractivity contribution in [3.63, 3.8) is 0 Å². The van der Waals surface area contributed by atoms with Crippen molar-refractivity contribution in [2.45, 2.75) is 0 Å². The molecule has 30 heavy (non-hydrogen) atoms. The monoisotopic (exact) mass is 489 g/mol. The number of nitrogens with zero attached hydrogens (tertiary/aromatic N) is 2. The van der Waals surface area contributed by atoms with Gasteiger partial charge in [0.2, 0.25) is 5.91 Å². The molecule has 0 saturated carbocycles. The first-order chi connectivity index (χ1) is 14.4. The van der Waals surface area contributed by atoms with Crippen LogP contribution in [0.1, 0.15) is 5.56 Å². The normalized spacial score (nSPS) is 10.8. The summed E-state index contributed by atoms with van der Waals surface area (Å²) in [4.78, 5) is 27.0. The van der Waals surface area contributed by atoms with Gasteiger partial charge in [-0.05, 0) is 39.7 Å². The second-order valence-electron chi connectivity index (χ2n) is 5.91. The van der Waals surface area contributed by atoms with Crippen LogP contribution >= 0.6 is 27.3 Å². The number of amides is 1. The molecule has 3 aromatic rings. The fraction of sp³-hybridized carbons (Fsp3) is 0.100. The van der Waals surface area contributed by atoms with Gasteiger partial charge in [0.25, 0.3) is 5.69 Å². The van der Waals surface area contributed by atoms with E-state index >= 15 is 0 Å². The molecule has 0 saturated heterocycles. The van der Waals surface area contributed by atoms with E-state index in [0.717, 1.165) is 5.56 Å². The standard InChI is InChI=1S/C20H16BrN3O5S/c1-28-17-9-12(8-15(21)19(17)29-2)6-7-18(25)23-20-22-16(11-30-20)13-4-3-5-14(10-13)24(26)27/h3-11H,1-2H3,(H,22,23,25). The van der Waals surface area contributed by atoms with E-state index in [9.17, 15) is 14.9 Å². The van der Waals surface area contributed by atoms with Crippen LogP contribution in [0.5, 0.6) is 11.5 Å². The van der Waals surface area contributed by atoms with Gasteiger partial charge in [0.15, 0.2) is 16.6 Å². The molecular weight excluding hydrogens is 474 g/mol. The van der Waals surface area contributed by atoms with Gasteiger partial charge in [-0.15, -0.1) is 11.3 Å². The highest BCUT2D eigenvalue weighted by molar-refractivity contribution is 9.10. The lowest BCUT2D eigenvalue weighted by molar-refractivity contribution is -0.384. The van der Waals surface area contributed by atoms with Crippen molar-refractivity contribution >= 4 is 50.1 Å². The van der Waals surface area contributed by atoms with Crippen LogP contribution in [-0.4, -0.2) is 30.0 Å². The van der Waals surface area contributed by atoms with Crippen molar-refractivity contribution in [3.05, 3.63) is 68.0 Å². The molecule has 10 heteroatoms. The van der Waals surface area contributed by atoms with E-state index in [1.165, 1.54) is 36.7 Å². The Morgan fingerprint density at radius 1 is 1.27 bits per heavy atom. The first-order valence-corrected chi connectivity index (χ1v) is 10.2. The van der Waals surface area contributed by atoms with Gasteiger partial charge in [0.1, 0.15) is 0 Å². The maximum Gasteiger partial charge on any atom is 0.270 e. The van der Waals surface area contributed by atoms with E-state index in [2.05, 4.69) is 26.2 Å². The van der Waals surface area contributed by atoms with Crippen molar-refractivity contribution in [1.82, 2.24) is 4.98 Å². The molecule has 1 amide bonds. The highest BCUT2D eigenvalue weighted by Crippen LogP contribution is 2.36. The number of non-ortho nitro benzene ring substituents is 1. The Labute approximate surface area is 184 Å². The third-order valence-corrected chi connectivity index (χ3v) is 5.32. The minimum Gasteiger partial charge on any atom is -0.493 e. The lowest BCUT2D eigenvalue weighted by Gasteiger charge is -2.10. The zero-order valence-electron chi connectivity index (χ0n) is 15.9. The molecular formula is C20H16BrN3O5S. The lowest BCUT2D eigenvalue weighted by atomic mass is 10.1. The number of anilines is 1. The maximum atomic E-state index is 12.2. The van der Waals surface area contributed by atoms with Crippen molar-refractivity contribution in [2.75, 3.05) is 19.5 Å². The second-order valence-corrected chi connectivity index (χ2v) is 7.62. The number of carbonyl (C=O) groups excluding carboxylic acids is 1. The topological polar surface area (TPSA) is 104 Å². The van der Waals surface area contributed by atoms with Crippen LogP contribution in [0.25, 0.3) is 17.3 Å². The van der Waals surface area contributed by atoms with Gasteiger partial charge in [-0.1, -0.05) is 12.1 Å². The van der Waals surface area contributed by atoms with E-state index < -0.39 is 4.92 Å². The predicted octanol–water partition coefficient (Wildman–Crippen LogP) is 5.15. The zero-order chi connectivity index (χ0) is 21.7. The third-order valence-electron chi connectivity index (χ3n) is 3.97. The number of methoxy groups -OCH3 is 2. The van der Waals surface area contributed by atoms with E-state index in [0.29, 0.717) is 32.4 Å². The van der Waals surface area contributed by atoms with Crippen molar-refractivity contribution in [2.24, 2.45) is 0 Å². The summed E-state index contributed by atoms with van der Waals surface area (Å²) in [5, 5.41) is 15.7. The number of thiazole rings is 1. The molecule has 0 spiro atoms. The fourth-order valence-corrected chi connectivity index (χ4v) is 3.94. The van der Waals surface area contributed by atoms with E-state index in [1.807, 2.05) is 0 Å². The quantitative estimate of drug-likeness (QED) is 0.279. The van der Waals surface area contributed by atoms with Crippen molar-refractivity contribution < 1.29 is 19.2 Å². The van der Waals surface area contributed by atoms with Gasteiger partial charge in [0.05, 0.1) is 29.3 Å². The molecule has 1 heterocycles. The summed E-state index contributed by atoms with van der Waals surface area (Å²) in [6.45, 7) is 0. The predicted molar refractivity (Wildman–Crippen MR) is 119 cm³/mol. The zero-order valence-corrected chi connectivity index (χ0v) is 18.3. The molecule has 1 N–H and O–H groups in total. The number of aromatic nitrogens is 1. The number of rotatable bonds is 7. The van der Waals surface area contributed by atoms with Gasteiger partial charge in [-0.2, -0.15) is 0 Å². The Balaban J connectivity index is 1.71. The summed E-state index contributed by atoms with van der Waals surface area (Å²) in [6, 6.07) is 9.72. The molecule has 154 valence electrons. The number of halogens is 1. The smallest absolute Gasteiger partial charge is 0.270 e. The summed E-state index contributed by atoms with van der Waals surface area (Å²) in [5.41, 5.74) is 1.87. The van der Waals surface area contributed by atoms with Crippen LogP contribution in [0.3, 0.4) is 0 Å². The molecule has 0 aliphatic rings. The molecule has 0 radical (unpaired) electrons. The number of ether oxygens (including phenoxy) is 2. The molecule has 3 rings (SSSR count). The van der Waals surface area contributed by atoms with E-state index in [-0.39, 0.29) is 11.6 Å². The van der Waals surface area contributed by atoms with Crippen LogP contribution < -0.4 is 14.8 Å². The van der Waals surface area contributed by atoms with Crippen LogP contribution in [0.2, 0.25) is 0 Å². The molecule has 0 fully saturated rings. The largest absolute Gasteiger partial charge is 0.493 e. The maximum absolute atomic E-state index is 12.2. The third kappa shape index (κ3) is 5.02. The van der Waals surface area contributed by atoms with Gasteiger partial charge in [0, 0.05) is 29.2 Å². The Kier molecular flexibility index (Phi) is 6.80. The molecule has 1 aromatic heterocycles. The molecule has 2 aromatic carbocycles. The van der Waals surface area contributed by atoms with Crippen LogP contribution in [-0.2, 0) is 4.79 Å². The van der Waals surface area contributed by atoms with Crippen LogP contribution in [0.15, 0.2) is 52.3 Å². The van der Waals surface area contributed by atoms with Gasteiger partial charge >= 0.3 is 0 Å². The summed E-state index contributed by atoms with van der Waals surface area (Å²) >= 11 is 4.64. The van der Waals surface area contributed by atoms with Gasteiger partial charge < -0.3 is 9.47 Å². The highest BCUT2D eigenvalue weighted by atomic mass is 79.9. The summed E-state index contributed by atoms with van der Waals surface area (Å²) in [6.07, 6.45) is 3.01. The SMILES string of the molecule is COc1cc(C=CC(=O)Nc2nc(-c3cccc([N+](=O)[O-])c3)cs2)cc(Br)c1OC. The Hall–Kier alpha value is -3.24. The van der Waals surface area contributed by atoms with Crippen molar-refractivity contribution in [1.29, 1.82) is 0 Å². The molecule has 0 aliphatic heterocycles. The molecule has 0 unspecified atom stereocenters. The van der Waals surface area contributed by atoms with Crippen molar-refractivity contribution in [3.8, 4) is 22.8 Å². The number of benzene rings is 2. The summed E-state index contributed by atoms with van der Waals surface area (Å²) < 4.78 is 11.3. The van der Waals surface area contributed by atoms with E-state index in [4.69, 9.17) is 9.47 Å². The first kappa shape index (κ1) is 21.5. The molecule has 0 bridgehead atoms. The van der Waals surface area contributed by atoms with Gasteiger partial charge in [-0.3, -0.25) is 20.2 Å². The number of hydrogen-bond donors (Lipinski definition) is 1. The Bertz CT molecular complexity index is 1130. The van der Waals surface area contributed by atoms with Crippen LogP contribution in [0, 0.1) is 10.1 Å². The number of nitro groups is 1. The average Bonchev–Trinajstić information content (AvgIpc) is 3.20. The Morgan fingerprint density at radius 3 is 2.77 bits per heavy atom. The summed E-state index contributed by atoms with van der Waals surface area (Å²) in [5.74, 6) is 0.741. The van der Waals surface area contributed by atoms with Gasteiger partial charge in [-0.25, -0.2) is 4.98 Å². The minimum atomic E-state index is -0.462. The summed E-state index contributed by atoms with van der Waals surface area (Å²) in [7, 11) is 3.08. The minimum absolute atomic E-state index is 0.0184. The number of hydrogen-bond acceptors (Lipinski definition) is 7. The average molecular weight is 490 g/mol. The second kappa shape index (κ2) is 9.51. The fourth-order valence-electron chi connectivity index (χ4n) is 2.60. The molecule has 8 nitrogen and oxygen atoms in total. The number of carbonyl (C=O) groups is 1. The van der Waals surface area contributed by atoms with E-state index in [1.54, 1.807) is 42.8 Å². The molecule has 0 atom stereocenters.